The Bertz CT molecular complexity index is 711. The van der Waals surface area contributed by atoms with Gasteiger partial charge in [0.2, 0.25) is 10.0 Å². The van der Waals surface area contributed by atoms with Crippen LogP contribution in [0.4, 0.5) is 5.69 Å². The molecule has 0 aliphatic rings. The fourth-order valence-corrected chi connectivity index (χ4v) is 3.21. The number of aryl methyl sites for hydroxylation is 1. The second-order valence-corrected chi connectivity index (χ2v) is 6.82. The maximum Gasteiger partial charge on any atom is 0.243 e. The monoisotopic (exact) mass is 290 g/mol. The number of benzene rings is 2. The topological polar surface area (TPSA) is 63.4 Å². The third-order valence-electron chi connectivity index (χ3n) is 3.15. The zero-order chi connectivity index (χ0) is 14.8. The Hall–Kier alpha value is -1.85. The molecule has 2 aromatic rings. The number of nitrogens with two attached hydrogens (primary N) is 1. The van der Waals surface area contributed by atoms with Gasteiger partial charge in [0, 0.05) is 19.3 Å². The van der Waals surface area contributed by atoms with Gasteiger partial charge >= 0.3 is 0 Å². The van der Waals surface area contributed by atoms with Gasteiger partial charge in [-0.2, -0.15) is 4.31 Å². The second-order valence-electron chi connectivity index (χ2n) is 4.78. The molecule has 5 heteroatoms. The highest BCUT2D eigenvalue weighted by atomic mass is 32.2. The van der Waals surface area contributed by atoms with Crippen molar-refractivity contribution in [1.82, 2.24) is 4.31 Å². The van der Waals surface area contributed by atoms with Crippen molar-refractivity contribution in [3.8, 4) is 0 Å². The van der Waals surface area contributed by atoms with E-state index in [9.17, 15) is 8.42 Å². The van der Waals surface area contributed by atoms with Crippen LogP contribution in [0.1, 0.15) is 11.1 Å². The van der Waals surface area contributed by atoms with E-state index in [0.717, 1.165) is 11.1 Å². The summed E-state index contributed by atoms with van der Waals surface area (Å²) in [6.45, 7) is 2.12. The molecule has 2 rings (SSSR count). The van der Waals surface area contributed by atoms with E-state index in [4.69, 9.17) is 5.73 Å². The fraction of sp³-hybridized carbons (Fsp3) is 0.200. The van der Waals surface area contributed by atoms with E-state index in [2.05, 4.69) is 0 Å². The first kappa shape index (κ1) is 14.6. The summed E-state index contributed by atoms with van der Waals surface area (Å²) < 4.78 is 26.3. The molecule has 0 radical (unpaired) electrons. The number of rotatable bonds is 4. The lowest BCUT2D eigenvalue weighted by molar-refractivity contribution is 0.467. The van der Waals surface area contributed by atoms with Crippen LogP contribution in [-0.2, 0) is 16.6 Å². The zero-order valence-electron chi connectivity index (χ0n) is 11.6. The molecule has 20 heavy (non-hydrogen) atoms. The van der Waals surface area contributed by atoms with E-state index in [-0.39, 0.29) is 6.54 Å². The van der Waals surface area contributed by atoms with Crippen molar-refractivity contribution in [1.29, 1.82) is 0 Å². The molecule has 0 aromatic heterocycles. The van der Waals surface area contributed by atoms with Gasteiger partial charge in [0.25, 0.3) is 0 Å². The van der Waals surface area contributed by atoms with Crippen molar-refractivity contribution >= 4 is 15.7 Å². The van der Waals surface area contributed by atoms with Gasteiger partial charge in [0.15, 0.2) is 0 Å². The maximum absolute atomic E-state index is 12.5. The molecule has 0 atom stereocenters. The summed E-state index contributed by atoms with van der Waals surface area (Å²) in [7, 11) is -1.94. The van der Waals surface area contributed by atoms with E-state index in [1.54, 1.807) is 31.3 Å². The van der Waals surface area contributed by atoms with Crippen LogP contribution in [0.3, 0.4) is 0 Å². The summed E-state index contributed by atoms with van der Waals surface area (Å²) in [4.78, 5) is 0.300. The van der Waals surface area contributed by atoms with Gasteiger partial charge in [-0.1, -0.05) is 30.3 Å². The molecule has 0 amide bonds. The smallest absolute Gasteiger partial charge is 0.243 e. The van der Waals surface area contributed by atoms with Gasteiger partial charge in [0.05, 0.1) is 4.90 Å². The molecule has 0 saturated heterocycles. The number of hydrogen-bond donors (Lipinski definition) is 1. The number of sulfonamides is 1. The normalized spacial score (nSPS) is 11.8. The van der Waals surface area contributed by atoms with Crippen LogP contribution in [0.2, 0.25) is 0 Å². The van der Waals surface area contributed by atoms with E-state index >= 15 is 0 Å². The van der Waals surface area contributed by atoms with Crippen LogP contribution in [-0.4, -0.2) is 19.8 Å². The maximum atomic E-state index is 12.5. The SMILES string of the molecule is Cc1cccc(S(=O)(=O)N(C)Cc2ccccc2N)c1. The Balaban J connectivity index is 2.29. The Morgan fingerprint density at radius 1 is 1.10 bits per heavy atom. The third-order valence-corrected chi connectivity index (χ3v) is 4.95. The van der Waals surface area contributed by atoms with Crippen molar-refractivity contribution in [3.63, 3.8) is 0 Å². The first-order valence-corrected chi connectivity index (χ1v) is 7.71. The highest BCUT2D eigenvalue weighted by Gasteiger charge is 2.21. The summed E-state index contributed by atoms with van der Waals surface area (Å²) in [6.07, 6.45) is 0. The number of hydrogen-bond acceptors (Lipinski definition) is 3. The van der Waals surface area contributed by atoms with E-state index in [1.165, 1.54) is 4.31 Å². The predicted octanol–water partition coefficient (Wildman–Crippen LogP) is 2.40. The van der Waals surface area contributed by atoms with E-state index < -0.39 is 10.0 Å². The molecule has 2 N–H and O–H groups in total. The highest BCUT2D eigenvalue weighted by molar-refractivity contribution is 7.89. The van der Waals surface area contributed by atoms with E-state index in [1.807, 2.05) is 31.2 Å². The van der Waals surface area contributed by atoms with Crippen LogP contribution in [0.25, 0.3) is 0 Å². The molecule has 2 aromatic carbocycles. The summed E-state index contributed by atoms with van der Waals surface area (Å²) in [5, 5.41) is 0. The van der Waals surface area contributed by atoms with Crippen molar-refractivity contribution < 1.29 is 8.42 Å². The quantitative estimate of drug-likeness (QED) is 0.879. The van der Waals surface area contributed by atoms with Crippen LogP contribution in [0.15, 0.2) is 53.4 Å². The molecule has 106 valence electrons. The van der Waals surface area contributed by atoms with Crippen molar-refractivity contribution in [3.05, 3.63) is 59.7 Å². The van der Waals surface area contributed by atoms with Gasteiger partial charge in [0.1, 0.15) is 0 Å². The van der Waals surface area contributed by atoms with Gasteiger partial charge in [-0.05, 0) is 36.2 Å². The van der Waals surface area contributed by atoms with Crippen molar-refractivity contribution in [2.75, 3.05) is 12.8 Å². The Labute approximate surface area is 119 Å². The summed E-state index contributed by atoms with van der Waals surface area (Å²) in [6, 6.07) is 14.2. The third kappa shape index (κ3) is 3.00. The number of nitrogen functional groups attached to an aromatic ring is 1. The van der Waals surface area contributed by atoms with Crippen molar-refractivity contribution in [2.24, 2.45) is 0 Å². The molecule has 0 heterocycles. The molecule has 0 fully saturated rings. The zero-order valence-corrected chi connectivity index (χ0v) is 12.4. The van der Waals surface area contributed by atoms with Gasteiger partial charge in [-0.15, -0.1) is 0 Å². The first-order chi connectivity index (χ1) is 9.41. The minimum Gasteiger partial charge on any atom is -0.398 e. The molecule has 0 unspecified atom stereocenters. The van der Waals surface area contributed by atoms with Crippen LogP contribution in [0, 0.1) is 6.92 Å². The second kappa shape index (κ2) is 5.64. The van der Waals surface area contributed by atoms with Gasteiger partial charge < -0.3 is 5.73 Å². The molecular formula is C15H18N2O2S. The minimum absolute atomic E-state index is 0.253. The Kier molecular flexibility index (Phi) is 4.11. The Morgan fingerprint density at radius 2 is 1.80 bits per heavy atom. The minimum atomic E-state index is -3.50. The summed E-state index contributed by atoms with van der Waals surface area (Å²) >= 11 is 0. The number of nitrogens with zero attached hydrogens (tertiary/aromatic N) is 1. The van der Waals surface area contributed by atoms with Crippen LogP contribution >= 0.6 is 0 Å². The fourth-order valence-electron chi connectivity index (χ4n) is 1.96. The molecule has 4 nitrogen and oxygen atoms in total. The molecular weight excluding hydrogens is 272 g/mol. The lowest BCUT2D eigenvalue weighted by Gasteiger charge is -2.18. The highest BCUT2D eigenvalue weighted by Crippen LogP contribution is 2.20. The van der Waals surface area contributed by atoms with E-state index in [0.29, 0.717) is 10.6 Å². The molecule has 0 spiro atoms. The predicted molar refractivity (Wildman–Crippen MR) is 80.7 cm³/mol. The molecule has 0 aliphatic heterocycles. The number of para-hydroxylation sites is 1. The lowest BCUT2D eigenvalue weighted by Crippen LogP contribution is -2.26. The lowest BCUT2D eigenvalue weighted by atomic mass is 10.2. The average molecular weight is 290 g/mol. The van der Waals surface area contributed by atoms with Crippen molar-refractivity contribution in [2.45, 2.75) is 18.4 Å². The molecule has 0 bridgehead atoms. The largest absolute Gasteiger partial charge is 0.398 e. The van der Waals surface area contributed by atoms with Crippen LogP contribution < -0.4 is 5.73 Å². The average Bonchev–Trinajstić information content (AvgIpc) is 2.41. The number of anilines is 1. The standard InChI is InChI=1S/C15H18N2O2S/c1-12-6-5-8-14(10-12)20(18,19)17(2)11-13-7-3-4-9-15(13)16/h3-10H,11,16H2,1-2H3. The molecule has 0 aliphatic carbocycles. The van der Waals surface area contributed by atoms with Crippen LogP contribution in [0.5, 0.6) is 0 Å². The molecule has 0 saturated carbocycles. The van der Waals surface area contributed by atoms with Gasteiger partial charge in [-0.25, -0.2) is 8.42 Å². The van der Waals surface area contributed by atoms with Gasteiger partial charge in [-0.3, -0.25) is 0 Å². The summed E-state index contributed by atoms with van der Waals surface area (Å²) in [5.74, 6) is 0. The first-order valence-electron chi connectivity index (χ1n) is 6.27. The Morgan fingerprint density at radius 3 is 2.45 bits per heavy atom. The summed E-state index contributed by atoms with van der Waals surface area (Å²) in [5.41, 5.74) is 8.16.